The lowest BCUT2D eigenvalue weighted by atomic mass is 9.86. The molecule has 1 saturated heterocycles. The van der Waals surface area contributed by atoms with E-state index in [0.29, 0.717) is 16.9 Å². The van der Waals surface area contributed by atoms with Gasteiger partial charge < -0.3 is 14.9 Å². The van der Waals surface area contributed by atoms with E-state index in [-0.39, 0.29) is 35.7 Å². The highest BCUT2D eigenvalue weighted by Crippen LogP contribution is 2.40. The molecular weight excluding hydrogens is 430 g/mol. The fourth-order valence-electron chi connectivity index (χ4n) is 4.42. The Hall–Kier alpha value is -2.41. The molecule has 2 aliphatic rings. The molecule has 2 N–H and O–H groups in total. The third-order valence-corrected chi connectivity index (χ3v) is 6.01. The molecule has 2 aromatic rings. The van der Waals surface area contributed by atoms with Gasteiger partial charge in [-0.3, -0.25) is 9.69 Å². The molecule has 1 fully saturated rings. The maximum absolute atomic E-state index is 13.0. The highest BCUT2D eigenvalue weighted by molar-refractivity contribution is 6.05. The molecular formula is C25H32ClNO5. The number of carbonyl (C=O) groups excluding carboxylic acids is 2. The van der Waals surface area contributed by atoms with E-state index in [1.54, 1.807) is 18.2 Å². The quantitative estimate of drug-likeness (QED) is 0.620. The van der Waals surface area contributed by atoms with Crippen molar-refractivity contribution >= 4 is 24.2 Å². The molecule has 0 bridgehead atoms. The number of benzene rings is 2. The second-order valence-corrected chi connectivity index (χ2v) is 8.36. The monoisotopic (exact) mass is 461 g/mol. The SMILES string of the molecule is CC(CN1CCCCC1)OC(=O)c1cccc2c1OC(c1ccccc1)C(C)C2=O.Cl.O. The van der Waals surface area contributed by atoms with Gasteiger partial charge in [0, 0.05) is 6.54 Å². The van der Waals surface area contributed by atoms with Crippen LogP contribution in [0.15, 0.2) is 48.5 Å². The van der Waals surface area contributed by atoms with Gasteiger partial charge in [-0.1, -0.05) is 49.7 Å². The van der Waals surface area contributed by atoms with Crippen molar-refractivity contribution in [2.24, 2.45) is 5.92 Å². The highest BCUT2D eigenvalue weighted by atomic mass is 35.5. The first kappa shape index (κ1) is 25.8. The number of Topliss-reactive ketones (excluding diaryl/α,β-unsaturated/α-hetero) is 1. The van der Waals surface area contributed by atoms with Crippen molar-refractivity contribution in [2.45, 2.75) is 45.3 Å². The summed E-state index contributed by atoms with van der Waals surface area (Å²) >= 11 is 0. The maximum Gasteiger partial charge on any atom is 0.342 e. The summed E-state index contributed by atoms with van der Waals surface area (Å²) in [6.07, 6.45) is 3.01. The van der Waals surface area contributed by atoms with Gasteiger partial charge in [-0.05, 0) is 50.6 Å². The van der Waals surface area contributed by atoms with E-state index in [1.807, 2.05) is 44.2 Å². The van der Waals surface area contributed by atoms with E-state index >= 15 is 0 Å². The summed E-state index contributed by atoms with van der Waals surface area (Å²) in [5.74, 6) is -0.444. The van der Waals surface area contributed by atoms with Gasteiger partial charge in [0.1, 0.15) is 23.5 Å². The molecule has 7 heteroatoms. The second kappa shape index (κ2) is 11.5. The summed E-state index contributed by atoms with van der Waals surface area (Å²) < 4.78 is 12.0. The van der Waals surface area contributed by atoms with Crippen molar-refractivity contribution in [3.63, 3.8) is 0 Å². The third-order valence-electron chi connectivity index (χ3n) is 6.01. The topological polar surface area (TPSA) is 87.3 Å². The summed E-state index contributed by atoms with van der Waals surface area (Å²) in [6, 6.07) is 14.8. The largest absolute Gasteiger partial charge is 0.483 e. The van der Waals surface area contributed by atoms with Crippen LogP contribution in [0.3, 0.4) is 0 Å². The molecule has 32 heavy (non-hydrogen) atoms. The van der Waals surface area contributed by atoms with Gasteiger partial charge >= 0.3 is 5.97 Å². The van der Waals surface area contributed by atoms with Crippen molar-refractivity contribution in [1.82, 2.24) is 4.90 Å². The van der Waals surface area contributed by atoms with E-state index < -0.39 is 12.1 Å². The van der Waals surface area contributed by atoms with E-state index in [9.17, 15) is 9.59 Å². The fourth-order valence-corrected chi connectivity index (χ4v) is 4.42. The molecule has 3 unspecified atom stereocenters. The minimum atomic E-state index is -0.439. The molecule has 0 amide bonds. The predicted octanol–water partition coefficient (Wildman–Crippen LogP) is 4.27. The van der Waals surface area contributed by atoms with Crippen LogP contribution >= 0.6 is 12.4 Å². The van der Waals surface area contributed by atoms with Crippen molar-refractivity contribution in [1.29, 1.82) is 0 Å². The van der Waals surface area contributed by atoms with Crippen LogP contribution in [0.1, 0.15) is 65.5 Å². The molecule has 0 aliphatic carbocycles. The number of esters is 1. The van der Waals surface area contributed by atoms with Gasteiger partial charge in [0.15, 0.2) is 5.78 Å². The lowest BCUT2D eigenvalue weighted by Crippen LogP contribution is -2.37. The summed E-state index contributed by atoms with van der Waals surface area (Å²) in [6.45, 7) is 6.62. The second-order valence-electron chi connectivity index (χ2n) is 8.36. The first-order chi connectivity index (χ1) is 14.5. The van der Waals surface area contributed by atoms with Crippen molar-refractivity contribution in [3.05, 3.63) is 65.2 Å². The van der Waals surface area contributed by atoms with Crippen LogP contribution in [0.4, 0.5) is 0 Å². The number of ketones is 1. The number of nitrogens with zero attached hydrogens (tertiary/aromatic N) is 1. The molecule has 2 aromatic carbocycles. The zero-order valence-corrected chi connectivity index (χ0v) is 19.4. The van der Waals surface area contributed by atoms with E-state index in [1.165, 1.54) is 19.3 Å². The number of hydrogen-bond acceptors (Lipinski definition) is 5. The minimum Gasteiger partial charge on any atom is -0.483 e. The maximum atomic E-state index is 13.0. The zero-order chi connectivity index (χ0) is 21.1. The van der Waals surface area contributed by atoms with Gasteiger partial charge in [-0.15, -0.1) is 12.4 Å². The molecule has 2 heterocycles. The van der Waals surface area contributed by atoms with Crippen LogP contribution < -0.4 is 4.74 Å². The molecule has 4 rings (SSSR count). The first-order valence-corrected chi connectivity index (χ1v) is 10.9. The molecule has 2 aliphatic heterocycles. The minimum absolute atomic E-state index is 0. The molecule has 0 aromatic heterocycles. The van der Waals surface area contributed by atoms with Crippen LogP contribution in [0.2, 0.25) is 0 Å². The lowest BCUT2D eigenvalue weighted by Gasteiger charge is -2.32. The van der Waals surface area contributed by atoms with Crippen LogP contribution in [-0.2, 0) is 4.74 Å². The Labute approximate surface area is 195 Å². The van der Waals surface area contributed by atoms with Gasteiger partial charge in [-0.2, -0.15) is 0 Å². The molecule has 174 valence electrons. The van der Waals surface area contributed by atoms with Gasteiger partial charge in [0.25, 0.3) is 0 Å². The lowest BCUT2D eigenvalue weighted by molar-refractivity contribution is 0.0226. The van der Waals surface area contributed by atoms with Gasteiger partial charge in [-0.25, -0.2) is 4.79 Å². The molecule has 0 saturated carbocycles. The van der Waals surface area contributed by atoms with Crippen LogP contribution in [-0.4, -0.2) is 47.9 Å². The Balaban J connectivity index is 0.00000181. The number of carbonyl (C=O) groups is 2. The van der Waals surface area contributed by atoms with Crippen LogP contribution in [0.5, 0.6) is 5.75 Å². The average Bonchev–Trinajstić information content (AvgIpc) is 2.77. The normalized spacial score (nSPS) is 21.2. The standard InChI is InChI=1S/C25H29NO4.ClH.H2O/c1-17(16-26-14-7-4-8-15-26)29-25(28)21-13-9-12-20-22(27)18(2)23(30-24(20)21)19-10-5-3-6-11-19;;/h3,5-6,9-13,17-18,23H,4,7-8,14-16H2,1-2H3;1H;1H2. The van der Waals surface area contributed by atoms with Crippen LogP contribution in [0.25, 0.3) is 0 Å². The summed E-state index contributed by atoms with van der Waals surface area (Å²) in [7, 11) is 0. The number of rotatable bonds is 5. The first-order valence-electron chi connectivity index (χ1n) is 10.9. The number of hydrogen-bond donors (Lipinski definition) is 0. The number of ether oxygens (including phenoxy) is 2. The predicted molar refractivity (Wildman–Crippen MR) is 126 cm³/mol. The summed E-state index contributed by atoms with van der Waals surface area (Å²) in [5, 5.41) is 0. The van der Waals surface area contributed by atoms with Gasteiger partial charge in [0.2, 0.25) is 0 Å². The Morgan fingerprint density at radius 3 is 2.47 bits per heavy atom. The highest BCUT2D eigenvalue weighted by Gasteiger charge is 2.37. The Bertz CT molecular complexity index is 914. The Morgan fingerprint density at radius 2 is 1.78 bits per heavy atom. The smallest absolute Gasteiger partial charge is 0.342 e. The number of halogens is 1. The van der Waals surface area contributed by atoms with E-state index in [2.05, 4.69) is 4.90 Å². The van der Waals surface area contributed by atoms with Gasteiger partial charge in [0.05, 0.1) is 11.5 Å². The summed E-state index contributed by atoms with van der Waals surface area (Å²) in [5.41, 5.74) is 1.69. The van der Waals surface area contributed by atoms with E-state index in [0.717, 1.165) is 25.2 Å². The van der Waals surface area contributed by atoms with Crippen LogP contribution in [0, 0.1) is 5.92 Å². The van der Waals surface area contributed by atoms with Crippen molar-refractivity contribution in [3.8, 4) is 5.75 Å². The van der Waals surface area contributed by atoms with E-state index in [4.69, 9.17) is 9.47 Å². The number of likely N-dealkylation sites (tertiary alicyclic amines) is 1. The number of fused-ring (bicyclic) bond motifs is 1. The van der Waals surface area contributed by atoms with Crippen molar-refractivity contribution in [2.75, 3.05) is 19.6 Å². The Morgan fingerprint density at radius 1 is 1.09 bits per heavy atom. The number of piperidine rings is 1. The third kappa shape index (κ3) is 5.49. The molecule has 0 spiro atoms. The molecule has 0 radical (unpaired) electrons. The molecule has 3 atom stereocenters. The average molecular weight is 462 g/mol. The Kier molecular flexibility index (Phi) is 9.25. The fraction of sp³-hybridized carbons (Fsp3) is 0.440. The number of para-hydroxylation sites is 1. The van der Waals surface area contributed by atoms with Crippen molar-refractivity contribution < 1.29 is 24.5 Å². The molecule has 6 nitrogen and oxygen atoms in total. The summed E-state index contributed by atoms with van der Waals surface area (Å²) in [4.78, 5) is 28.3. The zero-order valence-electron chi connectivity index (χ0n) is 18.6.